The van der Waals surface area contributed by atoms with E-state index in [4.69, 9.17) is 0 Å². The van der Waals surface area contributed by atoms with E-state index in [1.54, 1.807) is 0 Å². The fourth-order valence-corrected chi connectivity index (χ4v) is 20.2. The maximum Gasteiger partial charge on any atom is 0.250 e. The molecule has 0 spiro atoms. The number of β-lactam (4-membered cyclic amide) rings is 1. The Balaban J connectivity index is 1.78. The summed E-state index contributed by atoms with van der Waals surface area (Å²) in [6, 6.07) is 6.81. The van der Waals surface area contributed by atoms with Gasteiger partial charge in [-0.3, -0.25) is 9.59 Å². The van der Waals surface area contributed by atoms with Crippen molar-refractivity contribution >= 4 is 28.0 Å². The molecule has 0 unspecified atom stereocenters. The molecule has 2 heterocycles. The Bertz CT molecular complexity index is 1150. The lowest BCUT2D eigenvalue weighted by Gasteiger charge is -2.63. The van der Waals surface area contributed by atoms with Crippen LogP contribution in [-0.2, 0) is 28.9 Å². The van der Waals surface area contributed by atoms with Crippen molar-refractivity contribution in [2.75, 3.05) is 7.05 Å². The van der Waals surface area contributed by atoms with E-state index >= 15 is 0 Å². The molecule has 0 bridgehead atoms. The number of benzene rings is 1. The molecule has 2 atom stereocenters. The van der Waals surface area contributed by atoms with Gasteiger partial charge in [0.25, 0.3) is 5.91 Å². The lowest BCUT2D eigenvalue weighted by atomic mass is 9.71. The molecule has 214 valence electrons. The summed E-state index contributed by atoms with van der Waals surface area (Å²) in [7, 11) is -1.50. The van der Waals surface area contributed by atoms with Crippen molar-refractivity contribution in [1.29, 1.82) is 0 Å². The molecule has 0 saturated carbocycles. The highest BCUT2D eigenvalue weighted by Gasteiger charge is 2.65. The van der Waals surface area contributed by atoms with E-state index in [2.05, 4.69) is 81.5 Å². The second kappa shape index (κ2) is 11.0. The molecule has 0 aromatic heterocycles. The number of aryl methyl sites for hydroxylation is 2. The first-order valence-corrected chi connectivity index (χ1v) is 22.1. The Hall–Kier alpha value is -2.13. The van der Waals surface area contributed by atoms with Gasteiger partial charge in [-0.05, 0) is 67.3 Å². The zero-order chi connectivity index (χ0) is 28.8. The SMILES string of the molecule is CC(C)C[C@H]1N(C([Si](C)(C)C)[Si](C)(C)C)C(=O)[C@]1(Cc1ccc2c(c1)CCCC2)NC(=O)C1=CN(C)C=CC1. The fourth-order valence-electron chi connectivity index (χ4n) is 7.59. The predicted molar refractivity (Wildman–Crippen MR) is 168 cm³/mol. The van der Waals surface area contributed by atoms with Crippen molar-refractivity contribution < 1.29 is 9.59 Å². The number of allylic oxidation sites excluding steroid dienone is 1. The summed E-state index contributed by atoms with van der Waals surface area (Å²) >= 11 is 0. The van der Waals surface area contributed by atoms with Gasteiger partial charge in [-0.2, -0.15) is 0 Å². The zero-order valence-electron chi connectivity index (χ0n) is 25.9. The second-order valence-corrected chi connectivity index (χ2v) is 25.9. The molecule has 1 aromatic carbocycles. The van der Waals surface area contributed by atoms with Gasteiger partial charge in [-0.15, -0.1) is 0 Å². The number of carbonyl (C=O) groups excluding carboxylic acids is 2. The minimum Gasteiger partial charge on any atom is -0.357 e. The van der Waals surface area contributed by atoms with Crippen LogP contribution in [0.25, 0.3) is 0 Å². The lowest BCUT2D eigenvalue weighted by molar-refractivity contribution is -0.166. The lowest BCUT2D eigenvalue weighted by Crippen LogP contribution is -2.86. The minimum absolute atomic E-state index is 0.00843. The average molecular weight is 566 g/mol. The van der Waals surface area contributed by atoms with E-state index in [1.165, 1.54) is 29.5 Å². The van der Waals surface area contributed by atoms with Gasteiger partial charge in [0.15, 0.2) is 0 Å². The van der Waals surface area contributed by atoms with Crippen molar-refractivity contribution in [2.45, 2.75) is 115 Å². The van der Waals surface area contributed by atoms with Crippen LogP contribution in [0, 0.1) is 5.92 Å². The van der Waals surface area contributed by atoms with Crippen molar-refractivity contribution in [3.05, 3.63) is 58.9 Å². The number of rotatable bonds is 9. The van der Waals surface area contributed by atoms with Crippen molar-refractivity contribution in [1.82, 2.24) is 15.1 Å². The van der Waals surface area contributed by atoms with Crippen LogP contribution in [0.5, 0.6) is 0 Å². The van der Waals surface area contributed by atoms with Gasteiger partial charge in [0.2, 0.25) is 5.91 Å². The Kier molecular flexibility index (Phi) is 8.45. The highest BCUT2D eigenvalue weighted by Crippen LogP contribution is 2.44. The third kappa shape index (κ3) is 6.14. The van der Waals surface area contributed by atoms with Crippen LogP contribution < -0.4 is 5.32 Å². The summed E-state index contributed by atoms with van der Waals surface area (Å²) in [5.41, 5.74) is 3.84. The normalized spacial score (nSPS) is 23.6. The largest absolute Gasteiger partial charge is 0.357 e. The molecule has 3 aliphatic rings. The summed E-state index contributed by atoms with van der Waals surface area (Å²) in [6.45, 7) is 18.9. The molecule has 4 rings (SSSR count). The summed E-state index contributed by atoms with van der Waals surface area (Å²) in [6.07, 6.45) is 12.6. The zero-order valence-corrected chi connectivity index (χ0v) is 27.9. The Morgan fingerprint density at radius 1 is 1.05 bits per heavy atom. The second-order valence-electron chi connectivity index (χ2n) is 14.8. The molecular weight excluding hydrogens is 515 g/mol. The number of fused-ring (bicyclic) bond motifs is 1. The molecule has 39 heavy (non-hydrogen) atoms. The summed E-state index contributed by atoms with van der Waals surface area (Å²) in [5, 5.41) is 3.73. The van der Waals surface area contributed by atoms with Gasteiger partial charge in [0.05, 0.1) is 22.2 Å². The van der Waals surface area contributed by atoms with Gasteiger partial charge < -0.3 is 15.1 Å². The van der Waals surface area contributed by atoms with Gasteiger partial charge >= 0.3 is 0 Å². The van der Waals surface area contributed by atoms with E-state index in [-0.39, 0.29) is 17.9 Å². The predicted octanol–water partition coefficient (Wildman–Crippen LogP) is 6.08. The van der Waals surface area contributed by atoms with Crippen molar-refractivity contribution in [3.63, 3.8) is 0 Å². The topological polar surface area (TPSA) is 52.7 Å². The summed E-state index contributed by atoms with van der Waals surface area (Å²) < 4.78 is 0. The van der Waals surface area contributed by atoms with Gasteiger partial charge in [-0.25, -0.2) is 0 Å². The maximum absolute atomic E-state index is 14.7. The van der Waals surface area contributed by atoms with Crippen LogP contribution in [0.15, 0.2) is 42.2 Å². The quantitative estimate of drug-likeness (QED) is 0.292. The number of carbonyl (C=O) groups is 2. The van der Waals surface area contributed by atoms with Crippen LogP contribution >= 0.6 is 0 Å². The highest BCUT2D eigenvalue weighted by atomic mass is 28.4. The number of likely N-dealkylation sites (tertiary alicyclic amines) is 1. The third-order valence-electron chi connectivity index (χ3n) is 8.70. The molecule has 2 aliphatic heterocycles. The first-order chi connectivity index (χ1) is 18.1. The van der Waals surface area contributed by atoms with Gasteiger partial charge in [0.1, 0.15) is 5.54 Å². The number of nitrogens with one attached hydrogen (secondary N) is 1. The molecule has 1 N–H and O–H groups in total. The van der Waals surface area contributed by atoms with Crippen molar-refractivity contribution in [2.24, 2.45) is 5.92 Å². The molecule has 2 amide bonds. The number of nitrogens with zero attached hydrogens (tertiary/aromatic N) is 2. The van der Waals surface area contributed by atoms with Crippen LogP contribution in [-0.4, -0.2) is 61.7 Å². The molecule has 0 radical (unpaired) electrons. The molecule has 1 aromatic rings. The molecule has 5 nitrogen and oxygen atoms in total. The van der Waals surface area contributed by atoms with E-state index in [0.29, 0.717) is 29.6 Å². The van der Waals surface area contributed by atoms with E-state index in [0.717, 1.165) is 19.3 Å². The van der Waals surface area contributed by atoms with Gasteiger partial charge in [0, 0.05) is 30.5 Å². The smallest absolute Gasteiger partial charge is 0.250 e. The summed E-state index contributed by atoms with van der Waals surface area (Å²) in [4.78, 5) is 32.7. The highest BCUT2D eigenvalue weighted by molar-refractivity contribution is 6.96. The fraction of sp³-hybridized carbons (Fsp3) is 0.625. The molecule has 7 heteroatoms. The Morgan fingerprint density at radius 3 is 2.28 bits per heavy atom. The monoisotopic (exact) mass is 565 g/mol. The van der Waals surface area contributed by atoms with Crippen LogP contribution in [0.3, 0.4) is 0 Å². The molecular formula is C32H51N3O2Si2. The van der Waals surface area contributed by atoms with Crippen LogP contribution in [0.2, 0.25) is 39.3 Å². The minimum atomic E-state index is -1.72. The van der Waals surface area contributed by atoms with E-state index in [9.17, 15) is 9.59 Å². The maximum atomic E-state index is 14.7. The average Bonchev–Trinajstić information content (AvgIpc) is 2.83. The standard InChI is InChI=1S/C32H51N3O2Si2/c1-23(2)19-28-32(33-29(36)27-15-12-18-34(3)22-27,21-24-16-17-25-13-10-11-14-26(25)20-24)30(37)35(28)31(38(4,5)6)39(7,8)9/h12,16-18,20,22-23,28,31H,10-11,13-15,19,21H2,1-9H3,(H,33,36)/t28-,32-/m1/s1. The van der Waals surface area contributed by atoms with E-state index < -0.39 is 21.7 Å². The van der Waals surface area contributed by atoms with Crippen molar-refractivity contribution in [3.8, 4) is 0 Å². The first-order valence-electron chi connectivity index (χ1n) is 15.0. The third-order valence-corrected chi connectivity index (χ3v) is 17.7. The number of amides is 2. The van der Waals surface area contributed by atoms with Gasteiger partial charge in [-0.1, -0.05) is 77.4 Å². The number of hydrogen-bond acceptors (Lipinski definition) is 3. The Morgan fingerprint density at radius 2 is 1.69 bits per heavy atom. The van der Waals surface area contributed by atoms with Crippen LogP contribution in [0.1, 0.15) is 56.2 Å². The first kappa shape index (κ1) is 29.8. The molecule has 1 saturated heterocycles. The molecule has 1 aliphatic carbocycles. The van der Waals surface area contributed by atoms with E-state index in [1.807, 2.05) is 30.4 Å². The molecule has 1 fully saturated rings. The Labute approximate surface area is 239 Å². The summed E-state index contributed by atoms with van der Waals surface area (Å²) in [5.74, 6) is 0.440. The number of hydrogen-bond donors (Lipinski definition) is 1. The van der Waals surface area contributed by atoms with Crippen LogP contribution in [0.4, 0.5) is 0 Å².